The van der Waals surface area contributed by atoms with Crippen LogP contribution in [-0.4, -0.2) is 23.1 Å². The molecule has 0 aromatic heterocycles. The van der Waals surface area contributed by atoms with Gasteiger partial charge in [0.2, 0.25) is 0 Å². The predicted octanol–water partition coefficient (Wildman–Crippen LogP) is 4.46. The molecule has 0 spiro atoms. The molecule has 2 rings (SSSR count). The minimum atomic E-state index is 0.0847. The van der Waals surface area contributed by atoms with E-state index < -0.39 is 0 Å². The molecule has 0 fully saturated rings. The molecule has 21 heavy (non-hydrogen) atoms. The van der Waals surface area contributed by atoms with Gasteiger partial charge in [-0.1, -0.05) is 30.3 Å². The average Bonchev–Trinajstić information content (AvgIpc) is 2.53. The van der Waals surface area contributed by atoms with Crippen molar-refractivity contribution in [3.05, 3.63) is 65.7 Å². The van der Waals surface area contributed by atoms with Crippen molar-refractivity contribution in [3.8, 4) is 0 Å². The van der Waals surface area contributed by atoms with Gasteiger partial charge in [0.15, 0.2) is 0 Å². The Kier molecular flexibility index (Phi) is 5.45. The van der Waals surface area contributed by atoms with Crippen LogP contribution in [0.1, 0.15) is 29.8 Å². The first kappa shape index (κ1) is 15.6. The van der Waals surface area contributed by atoms with Crippen LogP contribution in [0.3, 0.4) is 0 Å². The minimum absolute atomic E-state index is 0.0847. The molecular formula is C18H21NOS. The fourth-order valence-corrected chi connectivity index (χ4v) is 2.58. The van der Waals surface area contributed by atoms with Crippen LogP contribution in [0.5, 0.6) is 0 Å². The molecule has 0 N–H and O–H groups in total. The van der Waals surface area contributed by atoms with Crippen molar-refractivity contribution < 1.29 is 4.79 Å². The zero-order chi connectivity index (χ0) is 15.2. The van der Waals surface area contributed by atoms with Gasteiger partial charge >= 0.3 is 0 Å². The number of hydrogen-bond acceptors (Lipinski definition) is 2. The molecule has 2 nitrogen and oxygen atoms in total. The highest BCUT2D eigenvalue weighted by molar-refractivity contribution is 7.98. The molecule has 0 saturated heterocycles. The summed E-state index contributed by atoms with van der Waals surface area (Å²) in [4.78, 5) is 15.8. The lowest BCUT2D eigenvalue weighted by Gasteiger charge is -2.27. The average molecular weight is 299 g/mol. The number of carbonyl (C=O) groups excluding carboxylic acids is 1. The van der Waals surface area contributed by atoms with Crippen LogP contribution in [0.4, 0.5) is 0 Å². The van der Waals surface area contributed by atoms with E-state index in [4.69, 9.17) is 0 Å². The van der Waals surface area contributed by atoms with Gasteiger partial charge in [0.1, 0.15) is 0 Å². The van der Waals surface area contributed by atoms with Crippen molar-refractivity contribution in [1.82, 2.24) is 4.90 Å². The first-order valence-electron chi connectivity index (χ1n) is 7.10. The summed E-state index contributed by atoms with van der Waals surface area (Å²) in [5.41, 5.74) is 1.90. The highest BCUT2D eigenvalue weighted by Crippen LogP contribution is 2.18. The Labute approximate surface area is 131 Å². The molecule has 0 aliphatic heterocycles. The normalized spacial score (nSPS) is 10.7. The van der Waals surface area contributed by atoms with E-state index in [0.717, 1.165) is 11.1 Å². The summed E-state index contributed by atoms with van der Waals surface area (Å²) in [6.07, 6.45) is 2.03. The van der Waals surface area contributed by atoms with E-state index in [9.17, 15) is 4.79 Å². The minimum Gasteiger partial charge on any atom is -0.332 e. The van der Waals surface area contributed by atoms with Gasteiger partial charge in [0.25, 0.3) is 5.91 Å². The Morgan fingerprint density at radius 1 is 1.05 bits per heavy atom. The van der Waals surface area contributed by atoms with Gasteiger partial charge in [0.05, 0.1) is 0 Å². The van der Waals surface area contributed by atoms with Gasteiger partial charge in [-0.05, 0) is 49.9 Å². The van der Waals surface area contributed by atoms with E-state index in [-0.39, 0.29) is 11.9 Å². The van der Waals surface area contributed by atoms with Crippen LogP contribution in [0.2, 0.25) is 0 Å². The maximum atomic E-state index is 12.7. The number of amides is 1. The quantitative estimate of drug-likeness (QED) is 0.760. The highest BCUT2D eigenvalue weighted by atomic mass is 32.2. The lowest BCUT2D eigenvalue weighted by Crippen LogP contribution is -2.36. The summed E-state index contributed by atoms with van der Waals surface area (Å²) in [5.74, 6) is 0.0847. The van der Waals surface area contributed by atoms with Gasteiger partial charge in [0, 0.05) is 23.0 Å². The third-order valence-electron chi connectivity index (χ3n) is 3.42. The molecule has 0 heterocycles. The Bertz CT molecular complexity index is 578. The van der Waals surface area contributed by atoms with Crippen LogP contribution in [-0.2, 0) is 6.54 Å². The number of carbonyl (C=O) groups is 1. The molecule has 0 aliphatic carbocycles. The monoisotopic (exact) mass is 299 g/mol. The van der Waals surface area contributed by atoms with E-state index >= 15 is 0 Å². The first-order chi connectivity index (χ1) is 10.1. The van der Waals surface area contributed by atoms with Gasteiger partial charge in [-0.2, -0.15) is 0 Å². The maximum Gasteiger partial charge on any atom is 0.254 e. The summed E-state index contributed by atoms with van der Waals surface area (Å²) in [5, 5.41) is 0. The second-order valence-corrected chi connectivity index (χ2v) is 6.12. The van der Waals surface area contributed by atoms with Crippen LogP contribution < -0.4 is 0 Å². The molecule has 0 aliphatic rings. The summed E-state index contributed by atoms with van der Waals surface area (Å²) < 4.78 is 0. The summed E-state index contributed by atoms with van der Waals surface area (Å²) in [6.45, 7) is 4.75. The highest BCUT2D eigenvalue weighted by Gasteiger charge is 2.18. The Balaban J connectivity index is 2.18. The summed E-state index contributed by atoms with van der Waals surface area (Å²) in [6, 6.07) is 18.1. The van der Waals surface area contributed by atoms with Crippen LogP contribution in [0.15, 0.2) is 59.5 Å². The van der Waals surface area contributed by atoms with Gasteiger partial charge in [-0.15, -0.1) is 11.8 Å². The SMILES string of the molecule is CSc1ccc(C(=O)N(Cc2ccccc2)C(C)C)cc1. The first-order valence-corrected chi connectivity index (χ1v) is 8.33. The molecular weight excluding hydrogens is 278 g/mol. The van der Waals surface area contributed by atoms with Crippen molar-refractivity contribution in [2.75, 3.05) is 6.26 Å². The molecule has 3 heteroatoms. The van der Waals surface area contributed by atoms with Crippen molar-refractivity contribution in [2.45, 2.75) is 31.3 Å². The van der Waals surface area contributed by atoms with E-state index in [1.807, 2.05) is 53.6 Å². The maximum absolute atomic E-state index is 12.7. The Morgan fingerprint density at radius 2 is 1.67 bits per heavy atom. The number of benzene rings is 2. The lowest BCUT2D eigenvalue weighted by molar-refractivity contribution is 0.0690. The van der Waals surface area contributed by atoms with Gasteiger partial charge in [-0.25, -0.2) is 0 Å². The van der Waals surface area contributed by atoms with E-state index in [0.29, 0.717) is 6.54 Å². The smallest absolute Gasteiger partial charge is 0.254 e. The topological polar surface area (TPSA) is 20.3 Å². The van der Waals surface area contributed by atoms with Crippen molar-refractivity contribution in [1.29, 1.82) is 0 Å². The molecule has 2 aromatic rings. The van der Waals surface area contributed by atoms with Crippen LogP contribution in [0, 0.1) is 0 Å². The second-order valence-electron chi connectivity index (χ2n) is 5.24. The van der Waals surface area contributed by atoms with E-state index in [1.165, 1.54) is 4.90 Å². The zero-order valence-corrected chi connectivity index (χ0v) is 13.6. The molecule has 0 saturated carbocycles. The molecule has 0 atom stereocenters. The fraction of sp³-hybridized carbons (Fsp3) is 0.278. The molecule has 110 valence electrons. The zero-order valence-electron chi connectivity index (χ0n) is 12.7. The predicted molar refractivity (Wildman–Crippen MR) is 89.7 cm³/mol. The van der Waals surface area contributed by atoms with E-state index in [2.05, 4.69) is 26.0 Å². The second kappa shape index (κ2) is 7.32. The number of nitrogens with zero attached hydrogens (tertiary/aromatic N) is 1. The largest absolute Gasteiger partial charge is 0.332 e. The standard InChI is InChI=1S/C18H21NOS/c1-14(2)19(13-15-7-5-4-6-8-15)18(20)16-9-11-17(21-3)12-10-16/h4-12,14H,13H2,1-3H3. The fourth-order valence-electron chi connectivity index (χ4n) is 2.17. The number of rotatable bonds is 5. The van der Waals surface area contributed by atoms with Crippen molar-refractivity contribution >= 4 is 17.7 Å². The van der Waals surface area contributed by atoms with Gasteiger partial charge < -0.3 is 4.90 Å². The summed E-state index contributed by atoms with van der Waals surface area (Å²) >= 11 is 1.68. The molecule has 0 unspecified atom stereocenters. The lowest BCUT2D eigenvalue weighted by atomic mass is 10.1. The molecule has 2 aromatic carbocycles. The Hall–Kier alpha value is -1.74. The summed E-state index contributed by atoms with van der Waals surface area (Å²) in [7, 11) is 0. The Morgan fingerprint density at radius 3 is 2.19 bits per heavy atom. The van der Waals surface area contributed by atoms with Crippen molar-refractivity contribution in [2.24, 2.45) is 0 Å². The van der Waals surface area contributed by atoms with Gasteiger partial charge in [-0.3, -0.25) is 4.79 Å². The van der Waals surface area contributed by atoms with Crippen LogP contribution in [0.25, 0.3) is 0 Å². The number of thioether (sulfide) groups is 1. The van der Waals surface area contributed by atoms with Crippen LogP contribution >= 0.6 is 11.8 Å². The molecule has 1 amide bonds. The molecule has 0 bridgehead atoms. The van der Waals surface area contributed by atoms with E-state index in [1.54, 1.807) is 11.8 Å². The number of hydrogen-bond donors (Lipinski definition) is 0. The van der Waals surface area contributed by atoms with Crippen molar-refractivity contribution in [3.63, 3.8) is 0 Å². The third-order valence-corrected chi connectivity index (χ3v) is 4.16. The molecule has 0 radical (unpaired) electrons. The third kappa shape index (κ3) is 4.11.